The van der Waals surface area contributed by atoms with Crippen molar-refractivity contribution in [3.8, 4) is 16.9 Å². The van der Waals surface area contributed by atoms with Crippen LogP contribution in [-0.4, -0.2) is 65.9 Å². The number of carbonyl (C=O) groups is 3. The number of pyridine rings is 2. The Morgan fingerprint density at radius 2 is 1.28 bits per heavy atom. The number of carboxylic acid groups (broad SMARTS) is 2. The van der Waals surface area contributed by atoms with Gasteiger partial charge in [-0.05, 0) is 107 Å². The van der Waals surface area contributed by atoms with Crippen LogP contribution < -0.4 is 48.5 Å². The Kier molecular flexibility index (Phi) is 24.8. The highest BCUT2D eigenvalue weighted by molar-refractivity contribution is 5.86. The minimum absolute atomic E-state index is 0. The Bertz CT molecular complexity index is 2570. The first-order valence-corrected chi connectivity index (χ1v) is 24.1. The number of phenols is 1. The summed E-state index contributed by atoms with van der Waals surface area (Å²) in [7, 11) is 0. The zero-order valence-corrected chi connectivity index (χ0v) is 43.1. The van der Waals surface area contributed by atoms with Crippen LogP contribution in [0, 0.1) is 13.8 Å². The molecule has 5 aromatic rings. The normalized spacial score (nSPS) is 12.3. The van der Waals surface area contributed by atoms with E-state index in [0.717, 1.165) is 126 Å². The van der Waals surface area contributed by atoms with Gasteiger partial charge in [0.2, 0.25) is 0 Å². The molecular weight excluding hydrogens is 992 g/mol. The van der Waals surface area contributed by atoms with E-state index >= 15 is 0 Å². The lowest BCUT2D eigenvalue weighted by atomic mass is 9.98. The third kappa shape index (κ3) is 17.5. The minimum Gasteiger partial charge on any atom is -1.00 e. The molecule has 2 aliphatic heterocycles. The van der Waals surface area contributed by atoms with Crippen LogP contribution in [0.2, 0.25) is 0 Å². The Labute approximate surface area is 423 Å². The number of hydrogen-bond acceptors (Lipinski definition) is 10. The second-order valence-corrected chi connectivity index (χ2v) is 17.4. The van der Waals surface area contributed by atoms with Gasteiger partial charge in [-0.2, -0.15) is 9.59 Å². The maximum absolute atomic E-state index is 12.8. The topological polar surface area (TPSA) is 190 Å². The molecule has 0 atom stereocenters. The average molecular weight is 1060 g/mol. The van der Waals surface area contributed by atoms with E-state index in [1.165, 1.54) is 34.5 Å². The van der Waals surface area contributed by atoms with Gasteiger partial charge in [0.25, 0.3) is 0 Å². The fraction of sp³-hybridized carbons (Fsp3) is 0.463. The summed E-state index contributed by atoms with van der Waals surface area (Å²) in [6.45, 7) is 16.4. The molecule has 69 heavy (non-hydrogen) atoms. The van der Waals surface area contributed by atoms with E-state index in [2.05, 4.69) is 71.0 Å². The molecule has 14 nitrogen and oxygen atoms in total. The van der Waals surface area contributed by atoms with Crippen LogP contribution in [-0.2, 0) is 51.5 Å². The summed E-state index contributed by atoms with van der Waals surface area (Å²) >= 11 is 0. The zero-order chi connectivity index (χ0) is 49.6. The molecule has 3 aromatic heterocycles. The fourth-order valence-electron chi connectivity index (χ4n) is 8.88. The number of halogens is 1. The van der Waals surface area contributed by atoms with Gasteiger partial charge in [0.05, 0.1) is 11.1 Å². The van der Waals surface area contributed by atoms with Crippen molar-refractivity contribution in [1.82, 2.24) is 0 Å². The number of carboxylic acids is 2. The molecule has 5 heterocycles. The second kappa shape index (κ2) is 29.8. The molecule has 3 N–H and O–H groups in total. The molecular formula is C54H70IN4O10+. The molecule has 7 rings (SSSR count). The predicted molar refractivity (Wildman–Crippen MR) is 261 cm³/mol. The van der Waals surface area contributed by atoms with Gasteiger partial charge in [-0.25, -0.2) is 13.9 Å². The number of aliphatic carboxylic acids is 2. The second-order valence-electron chi connectivity index (χ2n) is 17.4. The van der Waals surface area contributed by atoms with Crippen molar-refractivity contribution in [2.45, 2.75) is 138 Å². The minimum atomic E-state index is -0.740. The van der Waals surface area contributed by atoms with Crippen molar-refractivity contribution in [3.63, 3.8) is 0 Å². The number of fused-ring (bicyclic) bond motifs is 3. The standard InChI is InChI=1S/C26H30N2O4.C15H23NO2.C12H15NO2.CO2.HI/c1-3-27-12-7-8-20-15-21-16-22(26(31)32-24(21)17-23(20)27)19-10-13-28(18(2)14-19)11-6-4-5-9-25(29)30;1-3-7-14-9-11-16(13(2)12-14)10-6-4-5-8-15(17)18;1-2-13-5-3-4-9-6-10(8-14)12(15)7-11(9)13;2-1-3;/h10,13-17H,3-9,11-12H2,1-2H3;9,11-12H,3-8,10H2,1-2H3;6-8,15H,2-5H2,1H3;;1H/p+1. The average Bonchev–Trinajstić information content (AvgIpc) is 3.31. The molecule has 0 spiro atoms. The quantitative estimate of drug-likeness (QED) is 0.0317. The number of aromatic hydroxyl groups is 1. The van der Waals surface area contributed by atoms with Crippen LogP contribution >= 0.6 is 0 Å². The lowest BCUT2D eigenvalue weighted by Gasteiger charge is -2.30. The maximum Gasteiger partial charge on any atom is 0.373 e. The van der Waals surface area contributed by atoms with Crippen molar-refractivity contribution in [2.24, 2.45) is 0 Å². The molecule has 0 bridgehead atoms. The summed E-state index contributed by atoms with van der Waals surface area (Å²) in [6, 6.07) is 18.1. The third-order valence-corrected chi connectivity index (χ3v) is 12.5. The number of benzene rings is 2. The number of rotatable bonds is 18. The van der Waals surface area contributed by atoms with E-state index in [9.17, 15) is 24.3 Å². The number of anilines is 2. The summed E-state index contributed by atoms with van der Waals surface area (Å²) in [6.07, 6.45) is 17.6. The zero-order valence-electron chi connectivity index (χ0n) is 40.9. The lowest BCUT2D eigenvalue weighted by molar-refractivity contribution is -0.703. The van der Waals surface area contributed by atoms with Gasteiger partial charge >= 0.3 is 23.7 Å². The highest BCUT2D eigenvalue weighted by atomic mass is 127. The van der Waals surface area contributed by atoms with Crippen molar-refractivity contribution in [1.29, 1.82) is 0 Å². The Morgan fingerprint density at radius 3 is 1.78 bits per heavy atom. The number of aromatic nitrogens is 2. The first-order chi connectivity index (χ1) is 32.8. The van der Waals surface area contributed by atoms with Gasteiger partial charge in [-0.15, -0.1) is 0 Å². The molecule has 15 heteroatoms. The van der Waals surface area contributed by atoms with Crippen molar-refractivity contribution in [2.75, 3.05) is 36.0 Å². The SMILES string of the molecule is CCCc1cc[n+](CCCCCC(=O)O)c(C)c1.CCN1CCCc2cc(C=O)c(O)cc21.CCN1CCCc2cc3cc(-c4cc[n+](CCCCCC(=O)O)c(C)c4)c(=O)oc3cc21.O=C=O.[I-]. The van der Waals surface area contributed by atoms with E-state index < -0.39 is 11.9 Å². The van der Waals surface area contributed by atoms with Gasteiger partial charge in [0, 0.05) is 124 Å². The summed E-state index contributed by atoms with van der Waals surface area (Å²) in [5, 5.41) is 27.9. The van der Waals surface area contributed by atoms with Crippen LogP contribution in [0.5, 0.6) is 5.75 Å². The smallest absolute Gasteiger partial charge is 0.373 e. The van der Waals surface area contributed by atoms with Crippen LogP contribution in [0.1, 0.15) is 130 Å². The number of aryl methyl sites for hydroxylation is 7. The number of phenolic OH excluding ortho intramolecular Hbond substituents is 1. The first kappa shape index (κ1) is 57.4. The summed E-state index contributed by atoms with van der Waals surface area (Å²) in [5.74, 6) is -1.34. The van der Waals surface area contributed by atoms with Gasteiger partial charge in [0.1, 0.15) is 24.4 Å². The first-order valence-electron chi connectivity index (χ1n) is 24.1. The van der Waals surface area contributed by atoms with E-state index in [1.54, 1.807) is 12.1 Å². The van der Waals surface area contributed by atoms with E-state index in [1.807, 2.05) is 37.4 Å². The highest BCUT2D eigenvalue weighted by Crippen LogP contribution is 2.34. The van der Waals surface area contributed by atoms with E-state index in [4.69, 9.17) is 24.2 Å². The number of hydrogen-bond donors (Lipinski definition) is 3. The monoisotopic (exact) mass is 1060 g/mol. The Balaban J connectivity index is 0.000000289. The van der Waals surface area contributed by atoms with Crippen LogP contribution in [0.15, 0.2) is 76.2 Å². The summed E-state index contributed by atoms with van der Waals surface area (Å²) in [4.78, 5) is 65.3. The van der Waals surface area contributed by atoms with Crippen LogP contribution in [0.25, 0.3) is 22.1 Å². The van der Waals surface area contributed by atoms with Gasteiger partial charge in [0.15, 0.2) is 30.1 Å². The fourth-order valence-corrected chi connectivity index (χ4v) is 8.88. The summed E-state index contributed by atoms with van der Waals surface area (Å²) in [5.41, 5.74) is 10.6. The van der Waals surface area contributed by atoms with E-state index in [-0.39, 0.29) is 47.9 Å². The third-order valence-electron chi connectivity index (χ3n) is 12.5. The van der Waals surface area contributed by atoms with Gasteiger partial charge in [-0.3, -0.25) is 14.4 Å². The molecule has 372 valence electrons. The maximum atomic E-state index is 12.8. The molecule has 0 saturated carbocycles. The van der Waals surface area contributed by atoms with Crippen molar-refractivity contribution >= 4 is 46.7 Å². The lowest BCUT2D eigenvalue weighted by Crippen LogP contribution is -3.00. The molecule has 2 aliphatic rings. The molecule has 0 amide bonds. The number of nitrogens with zero attached hydrogens (tertiary/aromatic N) is 4. The Morgan fingerprint density at radius 1 is 0.739 bits per heavy atom. The number of unbranched alkanes of at least 4 members (excludes halogenated alkanes) is 4. The number of carbonyl (C=O) groups excluding carboxylic acids is 3. The summed E-state index contributed by atoms with van der Waals surface area (Å²) < 4.78 is 10.1. The highest BCUT2D eigenvalue weighted by Gasteiger charge is 2.20. The van der Waals surface area contributed by atoms with E-state index in [0.29, 0.717) is 35.8 Å². The molecule has 0 unspecified atom stereocenters. The molecule has 0 aliphatic carbocycles. The van der Waals surface area contributed by atoms with Crippen molar-refractivity contribution in [3.05, 3.63) is 111 Å². The van der Waals surface area contributed by atoms with Gasteiger partial charge in [-0.1, -0.05) is 13.3 Å². The predicted octanol–water partition coefficient (Wildman–Crippen LogP) is 5.75. The molecule has 0 radical (unpaired) electrons. The molecule has 2 aromatic carbocycles. The van der Waals surface area contributed by atoms with Crippen molar-refractivity contribution < 1.29 is 76.8 Å². The van der Waals surface area contributed by atoms with Crippen LogP contribution in [0.3, 0.4) is 0 Å². The number of aldehydes is 1. The Hall–Kier alpha value is -5.93. The largest absolute Gasteiger partial charge is 1.00 e. The van der Waals surface area contributed by atoms with Crippen LogP contribution in [0.4, 0.5) is 11.4 Å². The van der Waals surface area contributed by atoms with Gasteiger partial charge < -0.3 is 53.5 Å². The molecule has 0 saturated heterocycles. The molecule has 0 fully saturated rings.